The molecule has 0 aliphatic rings. The molecule has 9 nitrogen and oxygen atoms in total. The van der Waals surface area contributed by atoms with Crippen LogP contribution in [0.1, 0.15) is 5.56 Å². The Hall–Kier alpha value is -2.58. The molecule has 0 saturated heterocycles. The minimum Gasteiger partial charge on any atom is -0.258 e. The van der Waals surface area contributed by atoms with Crippen molar-refractivity contribution in [3.8, 4) is 0 Å². The Morgan fingerprint density at radius 2 is 1.25 bits per heavy atom. The van der Waals surface area contributed by atoms with Crippen LogP contribution in [0.4, 0.5) is 17.1 Å². The molecule has 9 heteroatoms. The van der Waals surface area contributed by atoms with Gasteiger partial charge in [-0.2, -0.15) is 0 Å². The van der Waals surface area contributed by atoms with Gasteiger partial charge in [0.2, 0.25) is 0 Å². The van der Waals surface area contributed by atoms with Crippen LogP contribution >= 0.6 is 0 Å². The van der Waals surface area contributed by atoms with Gasteiger partial charge in [0.25, 0.3) is 17.1 Å². The van der Waals surface area contributed by atoms with Crippen molar-refractivity contribution in [2.45, 2.75) is 0 Å². The first kappa shape index (κ1) is 11.5. The third-order valence-electron chi connectivity index (χ3n) is 1.53. The van der Waals surface area contributed by atoms with Gasteiger partial charge in [-0.1, -0.05) is 0 Å². The van der Waals surface area contributed by atoms with Crippen LogP contribution in [0.5, 0.6) is 0 Å². The SMILES string of the molecule is [CH]c1c([N+](=O)[O-])[c]c([N+](=O)[O-])[c]c1[N+](=O)[O-]. The van der Waals surface area contributed by atoms with Crippen LogP contribution in [0.2, 0.25) is 0 Å². The van der Waals surface area contributed by atoms with E-state index in [0.717, 1.165) is 0 Å². The number of rotatable bonds is 3. The van der Waals surface area contributed by atoms with Crippen LogP contribution in [-0.4, -0.2) is 14.8 Å². The highest BCUT2D eigenvalue weighted by molar-refractivity contribution is 5.60. The maximum Gasteiger partial charge on any atom is 0.299 e. The lowest BCUT2D eigenvalue weighted by Gasteiger charge is -1.97. The van der Waals surface area contributed by atoms with Crippen molar-refractivity contribution in [3.63, 3.8) is 0 Å². The fourth-order valence-corrected chi connectivity index (χ4v) is 0.882. The molecule has 4 radical (unpaired) electrons. The molecule has 0 atom stereocenters. The molecule has 16 heavy (non-hydrogen) atoms. The highest BCUT2D eigenvalue weighted by atomic mass is 16.6. The van der Waals surface area contributed by atoms with Crippen molar-refractivity contribution in [2.24, 2.45) is 0 Å². The van der Waals surface area contributed by atoms with Crippen molar-refractivity contribution in [1.82, 2.24) is 0 Å². The Morgan fingerprint density at radius 3 is 1.50 bits per heavy atom. The molecule has 0 bridgehead atoms. The van der Waals surface area contributed by atoms with Gasteiger partial charge in [-0.3, -0.25) is 30.3 Å². The van der Waals surface area contributed by atoms with E-state index in [1.165, 1.54) is 0 Å². The first-order chi connectivity index (χ1) is 7.34. The predicted molar refractivity (Wildman–Crippen MR) is 47.5 cm³/mol. The van der Waals surface area contributed by atoms with Gasteiger partial charge in [0.15, 0.2) is 12.1 Å². The molecule has 0 N–H and O–H groups in total. The van der Waals surface area contributed by atoms with E-state index in [2.05, 4.69) is 0 Å². The first-order valence-corrected chi connectivity index (χ1v) is 3.55. The Labute approximate surface area is 87.8 Å². The summed E-state index contributed by atoms with van der Waals surface area (Å²) in [6, 6.07) is 3.45. The summed E-state index contributed by atoms with van der Waals surface area (Å²) < 4.78 is 0. The standard InChI is InChI=1S/C7HN3O6/c1-4-6(9(13)14)2-5(8(11)12)3-7(4)10(15)16/h1H. The second kappa shape index (κ2) is 3.88. The topological polar surface area (TPSA) is 129 Å². The van der Waals surface area contributed by atoms with Gasteiger partial charge in [0.05, 0.1) is 14.8 Å². The minimum atomic E-state index is -1.09. The van der Waals surface area contributed by atoms with E-state index in [4.69, 9.17) is 6.92 Å². The lowest BCUT2D eigenvalue weighted by molar-refractivity contribution is -0.404. The van der Waals surface area contributed by atoms with Crippen molar-refractivity contribution in [3.05, 3.63) is 55.0 Å². The second-order valence-corrected chi connectivity index (χ2v) is 2.48. The van der Waals surface area contributed by atoms with E-state index in [1.54, 1.807) is 12.1 Å². The van der Waals surface area contributed by atoms with Crippen LogP contribution in [0.25, 0.3) is 0 Å². The third-order valence-corrected chi connectivity index (χ3v) is 1.53. The smallest absolute Gasteiger partial charge is 0.258 e. The van der Waals surface area contributed by atoms with Gasteiger partial charge in [-0.25, -0.2) is 0 Å². The van der Waals surface area contributed by atoms with E-state index >= 15 is 0 Å². The molecule has 80 valence electrons. The van der Waals surface area contributed by atoms with Gasteiger partial charge in [-0.15, -0.1) is 0 Å². The van der Waals surface area contributed by atoms with Crippen LogP contribution in [-0.2, 0) is 0 Å². The molecular weight excluding hydrogens is 222 g/mol. The lowest BCUT2D eigenvalue weighted by Crippen LogP contribution is -2.00. The van der Waals surface area contributed by atoms with Gasteiger partial charge in [-0.05, 0) is 0 Å². The summed E-state index contributed by atoms with van der Waals surface area (Å²) in [5, 5.41) is 31.1. The third kappa shape index (κ3) is 1.92. The van der Waals surface area contributed by atoms with Gasteiger partial charge < -0.3 is 0 Å². The van der Waals surface area contributed by atoms with Crippen LogP contribution in [0.3, 0.4) is 0 Å². The predicted octanol–water partition coefficient (Wildman–Crippen LogP) is 1.07. The van der Waals surface area contributed by atoms with Crippen molar-refractivity contribution in [2.75, 3.05) is 0 Å². The van der Waals surface area contributed by atoms with Crippen LogP contribution in [0.15, 0.2) is 0 Å². The number of non-ortho nitro benzene ring substituents is 1. The molecule has 0 aliphatic carbocycles. The Morgan fingerprint density at radius 1 is 0.875 bits per heavy atom. The van der Waals surface area contributed by atoms with Crippen molar-refractivity contribution >= 4 is 17.1 Å². The summed E-state index contributed by atoms with van der Waals surface area (Å²) in [4.78, 5) is 27.9. The average Bonchev–Trinajstić information content (AvgIpc) is 2.16. The number of benzene rings is 1. The Bertz CT molecular complexity index is 462. The van der Waals surface area contributed by atoms with Crippen molar-refractivity contribution < 1.29 is 14.8 Å². The largest absolute Gasteiger partial charge is 0.299 e. The second-order valence-electron chi connectivity index (χ2n) is 2.48. The lowest BCUT2D eigenvalue weighted by atomic mass is 10.1. The quantitative estimate of drug-likeness (QED) is 0.556. The molecule has 0 saturated carbocycles. The molecular formula is C7HN3O6. The summed E-state index contributed by atoms with van der Waals surface area (Å²) in [5.74, 6) is 0. The van der Waals surface area contributed by atoms with Gasteiger partial charge in [0.1, 0.15) is 5.56 Å². The van der Waals surface area contributed by atoms with E-state index in [1.807, 2.05) is 0 Å². The molecule has 1 rings (SSSR count). The van der Waals surface area contributed by atoms with E-state index in [0.29, 0.717) is 0 Å². The molecule has 0 aliphatic heterocycles. The first-order valence-electron chi connectivity index (χ1n) is 3.55. The zero-order chi connectivity index (χ0) is 12.5. The van der Waals surface area contributed by atoms with Gasteiger partial charge >= 0.3 is 0 Å². The van der Waals surface area contributed by atoms with E-state index in [-0.39, 0.29) is 0 Å². The molecule has 0 amide bonds. The highest BCUT2D eigenvalue weighted by Crippen LogP contribution is 2.31. The molecule has 0 heterocycles. The number of nitro benzene ring substituents is 3. The minimum absolute atomic E-state index is 0.819. The summed E-state index contributed by atoms with van der Waals surface area (Å²) >= 11 is 0. The van der Waals surface area contributed by atoms with Gasteiger partial charge in [0, 0.05) is 6.92 Å². The number of hydrogen-bond acceptors (Lipinski definition) is 6. The summed E-state index contributed by atoms with van der Waals surface area (Å²) in [7, 11) is 0. The maximum atomic E-state index is 10.4. The van der Waals surface area contributed by atoms with E-state index < -0.39 is 37.4 Å². The molecule has 0 fully saturated rings. The highest BCUT2D eigenvalue weighted by Gasteiger charge is 2.28. The molecule has 0 aromatic heterocycles. The van der Waals surface area contributed by atoms with Crippen LogP contribution in [0, 0.1) is 49.4 Å². The van der Waals surface area contributed by atoms with Crippen molar-refractivity contribution in [1.29, 1.82) is 0 Å². The molecule has 0 spiro atoms. The Balaban J connectivity index is 3.57. The zero-order valence-electron chi connectivity index (χ0n) is 7.37. The fourth-order valence-electron chi connectivity index (χ4n) is 0.882. The van der Waals surface area contributed by atoms with Crippen LogP contribution < -0.4 is 0 Å². The molecule has 1 aromatic carbocycles. The average molecular weight is 223 g/mol. The summed E-state index contributed by atoms with van der Waals surface area (Å²) in [6.45, 7) is 5.09. The molecule has 1 aromatic rings. The maximum absolute atomic E-state index is 10.4. The molecule has 0 unspecified atom stereocenters. The number of nitrogens with zero attached hydrogens (tertiary/aromatic N) is 3. The monoisotopic (exact) mass is 223 g/mol. The number of hydrogen-bond donors (Lipinski definition) is 0. The fraction of sp³-hybridized carbons (Fsp3) is 0. The Kier molecular flexibility index (Phi) is 2.79. The zero-order valence-corrected chi connectivity index (χ0v) is 7.37. The summed E-state index contributed by atoms with van der Waals surface area (Å²) in [5.41, 5.74) is -3.86. The van der Waals surface area contributed by atoms with E-state index in [9.17, 15) is 30.3 Å². The normalized spacial score (nSPS) is 9.81. The summed E-state index contributed by atoms with van der Waals surface area (Å²) in [6.07, 6.45) is 0. The number of nitro groups is 3.